The van der Waals surface area contributed by atoms with Crippen molar-refractivity contribution in [3.05, 3.63) is 52.6 Å². The number of hydrogen-bond donors (Lipinski definition) is 1. The lowest BCUT2D eigenvalue weighted by molar-refractivity contribution is -0.131. The van der Waals surface area contributed by atoms with E-state index >= 15 is 0 Å². The average Bonchev–Trinajstić information content (AvgIpc) is 3.38. The van der Waals surface area contributed by atoms with E-state index in [9.17, 15) is 26.9 Å². The summed E-state index contributed by atoms with van der Waals surface area (Å²) in [5.41, 5.74) is 0.799. The van der Waals surface area contributed by atoms with E-state index in [-0.39, 0.29) is 31.0 Å². The molecule has 2 aliphatic rings. The lowest BCUT2D eigenvalue weighted by Gasteiger charge is -2.32. The summed E-state index contributed by atoms with van der Waals surface area (Å²) in [6, 6.07) is 4.89. The summed E-state index contributed by atoms with van der Waals surface area (Å²) in [4.78, 5) is 22.3. The van der Waals surface area contributed by atoms with Crippen LogP contribution in [0.3, 0.4) is 0 Å². The number of hydrogen-bond acceptors (Lipinski definition) is 6. The predicted octanol–water partition coefficient (Wildman–Crippen LogP) is 4.92. The van der Waals surface area contributed by atoms with Gasteiger partial charge in [0.05, 0.1) is 29.0 Å². The first kappa shape index (κ1) is 26.4. The second-order valence-corrected chi connectivity index (χ2v) is 12.7. The SMILES string of the molecule is Cc1nc(N[C@H](C)c2cccc(C(F)F)c2F)c2cc(P3(=O)CCN(C(=O)CF)CC3)c3c(c2n1)CCO3. The summed E-state index contributed by atoms with van der Waals surface area (Å²) in [6.07, 6.45) is -2.02. The number of nitrogens with one attached hydrogen (secondary N) is 1. The number of carbonyl (C=O) groups excluding carboxylic acids is 1. The molecule has 0 spiro atoms. The molecule has 1 aromatic heterocycles. The lowest BCUT2D eigenvalue weighted by atomic mass is 10.0. The van der Waals surface area contributed by atoms with Gasteiger partial charge in [0.1, 0.15) is 30.4 Å². The van der Waals surface area contributed by atoms with Crippen LogP contribution in [0.5, 0.6) is 5.75 Å². The maximum atomic E-state index is 14.9. The van der Waals surface area contributed by atoms with Crippen LogP contribution in [0.15, 0.2) is 24.3 Å². The third-order valence-electron chi connectivity index (χ3n) is 7.21. The number of anilines is 1. The Morgan fingerprint density at radius 3 is 2.61 bits per heavy atom. The second kappa shape index (κ2) is 10.2. The molecule has 0 radical (unpaired) electrons. The number of amides is 1. The third kappa shape index (κ3) is 4.61. The molecule has 2 aromatic carbocycles. The molecule has 3 aromatic rings. The fourth-order valence-electron chi connectivity index (χ4n) is 5.19. The van der Waals surface area contributed by atoms with E-state index in [1.165, 1.54) is 17.0 Å². The summed E-state index contributed by atoms with van der Waals surface area (Å²) in [6.45, 7) is 3.01. The van der Waals surface area contributed by atoms with Crippen molar-refractivity contribution in [2.75, 3.05) is 44.0 Å². The molecule has 0 saturated carbocycles. The van der Waals surface area contributed by atoms with Gasteiger partial charge in [0.2, 0.25) is 0 Å². The minimum atomic E-state index is -3.02. The van der Waals surface area contributed by atoms with Gasteiger partial charge in [-0.05, 0) is 19.9 Å². The van der Waals surface area contributed by atoms with Crippen molar-refractivity contribution in [3.8, 4) is 5.75 Å². The van der Waals surface area contributed by atoms with Crippen LogP contribution >= 0.6 is 7.14 Å². The highest BCUT2D eigenvalue weighted by atomic mass is 31.2. The summed E-state index contributed by atoms with van der Waals surface area (Å²) >= 11 is 0. The Labute approximate surface area is 217 Å². The van der Waals surface area contributed by atoms with Crippen LogP contribution in [-0.4, -0.2) is 59.5 Å². The van der Waals surface area contributed by atoms with Gasteiger partial charge in [-0.2, -0.15) is 0 Å². The molecule has 2 aliphatic heterocycles. The Hall–Kier alpha value is -3.20. The molecule has 1 saturated heterocycles. The highest BCUT2D eigenvalue weighted by Crippen LogP contribution is 2.51. The van der Waals surface area contributed by atoms with Crippen LogP contribution in [0.4, 0.5) is 23.4 Å². The number of halogens is 4. The van der Waals surface area contributed by atoms with Crippen molar-refractivity contribution < 1.29 is 31.7 Å². The van der Waals surface area contributed by atoms with Crippen molar-refractivity contribution in [2.45, 2.75) is 32.7 Å². The number of fused-ring (bicyclic) bond motifs is 3. The fourth-order valence-corrected chi connectivity index (χ4v) is 7.96. The van der Waals surface area contributed by atoms with Gasteiger partial charge in [-0.1, -0.05) is 18.2 Å². The smallest absolute Gasteiger partial charge is 0.266 e. The monoisotopic (exact) mass is 550 g/mol. The third-order valence-corrected chi connectivity index (χ3v) is 10.3. The lowest BCUT2D eigenvalue weighted by Crippen LogP contribution is -2.42. The molecule has 202 valence electrons. The fraction of sp³-hybridized carbons (Fsp3) is 0.423. The van der Waals surface area contributed by atoms with E-state index in [0.717, 1.165) is 11.6 Å². The van der Waals surface area contributed by atoms with Gasteiger partial charge in [-0.15, -0.1) is 0 Å². The van der Waals surface area contributed by atoms with Crippen LogP contribution in [0, 0.1) is 12.7 Å². The van der Waals surface area contributed by atoms with E-state index in [1.807, 2.05) is 0 Å². The standard InChI is InChI=1S/C26H27F4N4O3P/c1-14(16-4-3-5-17(22(16)28)25(29)30)31-26-19-12-20(38(36)10-7-34(8-11-38)21(35)13-27)24-18(6-9-37-24)23(19)32-15(2)33-26/h3-5,12,14,25H,6-11,13H2,1-2H3,(H,31,32,33)/t14-/m1/s1. The van der Waals surface area contributed by atoms with Crippen LogP contribution in [0.2, 0.25) is 0 Å². The molecular weight excluding hydrogens is 523 g/mol. The van der Waals surface area contributed by atoms with Gasteiger partial charge in [0.25, 0.3) is 12.3 Å². The minimum absolute atomic E-state index is 0.0645. The van der Waals surface area contributed by atoms with Crippen LogP contribution in [0.1, 0.15) is 41.9 Å². The van der Waals surface area contributed by atoms with E-state index in [0.29, 0.717) is 46.6 Å². The molecule has 1 amide bonds. The van der Waals surface area contributed by atoms with Gasteiger partial charge in [-0.25, -0.2) is 27.5 Å². The second-order valence-electron chi connectivity index (χ2n) is 9.59. The molecule has 1 atom stereocenters. The molecule has 38 heavy (non-hydrogen) atoms. The van der Waals surface area contributed by atoms with E-state index in [1.54, 1.807) is 19.9 Å². The summed E-state index contributed by atoms with van der Waals surface area (Å²) in [5, 5.41) is 4.24. The van der Waals surface area contributed by atoms with Crippen LogP contribution in [0.25, 0.3) is 10.9 Å². The first-order chi connectivity index (χ1) is 18.1. The number of nitrogens with zero attached hydrogens (tertiary/aromatic N) is 3. The highest BCUT2D eigenvalue weighted by Gasteiger charge is 2.37. The van der Waals surface area contributed by atoms with Crippen LogP contribution in [-0.2, 0) is 15.8 Å². The molecule has 0 bridgehead atoms. The Balaban J connectivity index is 1.57. The van der Waals surface area contributed by atoms with Gasteiger partial charge >= 0.3 is 0 Å². The minimum Gasteiger partial charge on any atom is -0.492 e. The molecule has 0 unspecified atom stereocenters. The average molecular weight is 550 g/mol. The molecule has 12 heteroatoms. The number of aryl methyl sites for hydroxylation is 1. The van der Waals surface area contributed by atoms with Crippen molar-refractivity contribution in [2.24, 2.45) is 0 Å². The summed E-state index contributed by atoms with van der Waals surface area (Å²) in [5.74, 6) is -0.273. The van der Waals surface area contributed by atoms with E-state index < -0.39 is 43.6 Å². The Kier molecular flexibility index (Phi) is 7.07. The van der Waals surface area contributed by atoms with E-state index in [4.69, 9.17) is 4.74 Å². The molecule has 3 heterocycles. The Morgan fingerprint density at radius 1 is 1.21 bits per heavy atom. The van der Waals surface area contributed by atoms with Crippen LogP contribution < -0.4 is 15.4 Å². The number of alkyl halides is 3. The van der Waals surface area contributed by atoms with Gasteiger partial charge in [-0.3, -0.25) is 4.79 Å². The highest BCUT2D eigenvalue weighted by molar-refractivity contribution is 7.72. The quantitative estimate of drug-likeness (QED) is 0.347. The van der Waals surface area contributed by atoms with Crippen molar-refractivity contribution in [3.63, 3.8) is 0 Å². The van der Waals surface area contributed by atoms with Gasteiger partial charge in [0, 0.05) is 48.3 Å². The summed E-state index contributed by atoms with van der Waals surface area (Å²) in [7, 11) is -3.02. The Bertz CT molecular complexity index is 1460. The molecular formula is C26H27F4N4O3P. The number of benzene rings is 2. The summed E-state index contributed by atoms with van der Waals surface area (Å²) < 4.78 is 74.4. The molecule has 7 nitrogen and oxygen atoms in total. The van der Waals surface area contributed by atoms with Crippen molar-refractivity contribution in [1.82, 2.24) is 14.9 Å². The van der Waals surface area contributed by atoms with Gasteiger partial charge in [0.15, 0.2) is 6.67 Å². The zero-order chi connectivity index (χ0) is 27.2. The van der Waals surface area contributed by atoms with E-state index in [2.05, 4.69) is 15.3 Å². The number of aromatic nitrogens is 2. The normalized spacial score (nSPS) is 17.4. The number of ether oxygens (including phenoxy) is 1. The van der Waals surface area contributed by atoms with Gasteiger partial charge < -0.3 is 19.5 Å². The van der Waals surface area contributed by atoms with Crippen molar-refractivity contribution >= 4 is 35.1 Å². The molecule has 0 aliphatic carbocycles. The molecule has 5 rings (SSSR count). The predicted molar refractivity (Wildman–Crippen MR) is 136 cm³/mol. The Morgan fingerprint density at radius 2 is 1.92 bits per heavy atom. The maximum Gasteiger partial charge on any atom is 0.266 e. The molecule has 1 fully saturated rings. The maximum absolute atomic E-state index is 14.9. The topological polar surface area (TPSA) is 84.4 Å². The largest absolute Gasteiger partial charge is 0.492 e. The number of carbonyl (C=O) groups is 1. The first-order valence-electron chi connectivity index (χ1n) is 12.4. The van der Waals surface area contributed by atoms with Crippen molar-refractivity contribution in [1.29, 1.82) is 0 Å². The first-order valence-corrected chi connectivity index (χ1v) is 14.4. The zero-order valence-corrected chi connectivity index (χ0v) is 21.8. The zero-order valence-electron chi connectivity index (χ0n) is 20.9. The number of rotatable bonds is 6. The molecule has 1 N–H and O–H groups in total.